The van der Waals surface area contributed by atoms with Gasteiger partial charge in [-0.05, 0) is 0 Å². The molecule has 0 unspecified atom stereocenters. The number of allylic oxidation sites excluding steroid dienone is 8. The van der Waals surface area contributed by atoms with E-state index in [4.69, 9.17) is 0 Å². The van der Waals surface area contributed by atoms with Crippen molar-refractivity contribution in [3.05, 3.63) is 157 Å². The molecule has 0 aromatic heterocycles. The number of benzene rings is 4. The van der Waals surface area contributed by atoms with Crippen molar-refractivity contribution in [3.63, 3.8) is 0 Å². The maximum Gasteiger partial charge on any atom is 2.00 e. The standard InChI is InChI=1S/2C13H9.2C7H9.2ClH.2Ti/c2*1-3-7-12-10(5-1)9-11-6-2-4-8-13(11)12;2*1-2-7-5-3-4-6-7;;;;/h2*1-9H;2*5-6H,2-3H2,1H3;2*1H;;/q4*-1;;;2*+2/p-2. The SMILES string of the molecule is CCC1=CC[C-]=C1.CCC1=CC[C-]=C1.[Cl-].[Cl-].[Ti+2].[Ti+2].c1ccc2c(c1)[cH-]c1ccccc12.c1ccc2c(c1)[cH-]c1ccccc12. The molecule has 0 amide bonds. The first-order valence-electron chi connectivity index (χ1n) is 14.3. The molecule has 0 spiro atoms. The predicted octanol–water partition coefficient (Wildman–Crippen LogP) is 5.60. The maximum atomic E-state index is 3.11. The Morgan fingerprint density at radius 2 is 0.750 bits per heavy atom. The van der Waals surface area contributed by atoms with Crippen LogP contribution >= 0.6 is 0 Å². The topological polar surface area (TPSA) is 0 Å². The molecule has 0 nitrogen and oxygen atoms in total. The van der Waals surface area contributed by atoms with E-state index >= 15 is 0 Å². The predicted molar refractivity (Wildman–Crippen MR) is 176 cm³/mol. The Kier molecular flexibility index (Phi) is 18.5. The van der Waals surface area contributed by atoms with E-state index in [1.165, 1.54) is 54.2 Å². The summed E-state index contributed by atoms with van der Waals surface area (Å²) >= 11 is 0. The Morgan fingerprint density at radius 3 is 0.955 bits per heavy atom. The number of halogens is 2. The second-order valence-electron chi connectivity index (χ2n) is 10.0. The molecule has 2 aliphatic carbocycles. The van der Waals surface area contributed by atoms with Gasteiger partial charge in [0.1, 0.15) is 0 Å². The summed E-state index contributed by atoms with van der Waals surface area (Å²) in [6, 6.07) is 38.5. The average molecular weight is 683 g/mol. The van der Waals surface area contributed by atoms with Crippen molar-refractivity contribution in [2.75, 3.05) is 0 Å². The van der Waals surface area contributed by atoms with Gasteiger partial charge in [-0.15, -0.1) is 92.3 Å². The Morgan fingerprint density at radius 1 is 0.477 bits per heavy atom. The second kappa shape index (κ2) is 20.6. The number of hydrogen-bond acceptors (Lipinski definition) is 0. The molecule has 0 fully saturated rings. The third-order valence-electron chi connectivity index (χ3n) is 7.40. The molecule has 8 rings (SSSR count). The molecule has 220 valence electrons. The molecule has 2 aliphatic rings. The van der Waals surface area contributed by atoms with Gasteiger partial charge in [-0.1, -0.05) is 99.5 Å². The second-order valence-corrected chi connectivity index (χ2v) is 10.0. The first-order valence-corrected chi connectivity index (χ1v) is 14.3. The molecule has 0 aliphatic heterocycles. The van der Waals surface area contributed by atoms with Crippen LogP contribution in [0.25, 0.3) is 43.1 Å². The Balaban J connectivity index is 0.000000296. The Hall–Kier alpha value is -2.41. The minimum absolute atomic E-state index is 0. The molecular weight excluding hydrogens is 647 g/mol. The van der Waals surface area contributed by atoms with E-state index in [1.54, 1.807) is 0 Å². The monoisotopic (exact) mass is 682 g/mol. The van der Waals surface area contributed by atoms with Crippen LogP contribution in [-0.2, 0) is 43.4 Å². The van der Waals surface area contributed by atoms with Gasteiger partial charge < -0.3 is 24.8 Å². The molecular formula is C40H36Cl2Ti2-2. The van der Waals surface area contributed by atoms with Crippen LogP contribution in [0.15, 0.2) is 145 Å². The zero-order valence-corrected chi connectivity index (χ0v) is 29.9. The zero-order chi connectivity index (χ0) is 27.6. The molecule has 0 N–H and O–H groups in total. The fourth-order valence-electron chi connectivity index (χ4n) is 5.18. The molecule has 44 heavy (non-hydrogen) atoms. The van der Waals surface area contributed by atoms with Gasteiger partial charge >= 0.3 is 43.4 Å². The van der Waals surface area contributed by atoms with Crippen LogP contribution < -0.4 is 24.8 Å². The molecule has 0 bridgehead atoms. The molecule has 0 heterocycles. The van der Waals surface area contributed by atoms with Crippen LogP contribution in [0.4, 0.5) is 0 Å². The smallest absolute Gasteiger partial charge is 1.00 e. The van der Waals surface area contributed by atoms with Gasteiger partial charge in [0.25, 0.3) is 0 Å². The van der Waals surface area contributed by atoms with E-state index in [0.717, 1.165) is 25.7 Å². The molecule has 0 radical (unpaired) electrons. The summed E-state index contributed by atoms with van der Waals surface area (Å²) in [5.74, 6) is 0. The van der Waals surface area contributed by atoms with Gasteiger partial charge in [0.15, 0.2) is 0 Å². The van der Waals surface area contributed by atoms with E-state index in [1.807, 2.05) is 0 Å². The fraction of sp³-hybridized carbons (Fsp3) is 0.150. The van der Waals surface area contributed by atoms with Crippen LogP contribution in [0.2, 0.25) is 0 Å². The van der Waals surface area contributed by atoms with Crippen molar-refractivity contribution in [2.24, 2.45) is 0 Å². The number of rotatable bonds is 2. The summed E-state index contributed by atoms with van der Waals surface area (Å²) in [7, 11) is 0. The zero-order valence-electron chi connectivity index (χ0n) is 25.3. The van der Waals surface area contributed by atoms with Crippen LogP contribution in [0.1, 0.15) is 39.5 Å². The summed E-state index contributed by atoms with van der Waals surface area (Å²) in [5.41, 5.74) is 2.86. The normalized spacial score (nSPS) is 12.1. The minimum Gasteiger partial charge on any atom is -1.00 e. The van der Waals surface area contributed by atoms with Gasteiger partial charge in [0.2, 0.25) is 0 Å². The summed E-state index contributed by atoms with van der Waals surface area (Å²) in [6.45, 7) is 4.32. The van der Waals surface area contributed by atoms with Crippen molar-refractivity contribution >= 4 is 43.1 Å². The van der Waals surface area contributed by atoms with Gasteiger partial charge in [-0.2, -0.15) is 12.2 Å². The van der Waals surface area contributed by atoms with E-state index in [2.05, 4.69) is 159 Å². The third-order valence-corrected chi connectivity index (χ3v) is 7.40. The summed E-state index contributed by atoms with van der Waals surface area (Å²) in [6.07, 6.45) is 19.1. The third kappa shape index (κ3) is 10.3. The first-order chi connectivity index (χ1) is 19.8. The van der Waals surface area contributed by atoms with E-state index in [9.17, 15) is 0 Å². The van der Waals surface area contributed by atoms with Crippen molar-refractivity contribution < 1.29 is 68.2 Å². The quantitative estimate of drug-likeness (QED) is 0.165. The van der Waals surface area contributed by atoms with Crippen LogP contribution in [-0.4, -0.2) is 0 Å². The Labute approximate surface area is 305 Å². The van der Waals surface area contributed by atoms with Gasteiger partial charge in [0.05, 0.1) is 0 Å². The molecule has 0 saturated carbocycles. The molecule has 0 saturated heterocycles. The summed E-state index contributed by atoms with van der Waals surface area (Å²) in [5, 5.41) is 10.8. The van der Waals surface area contributed by atoms with Crippen molar-refractivity contribution in [2.45, 2.75) is 39.5 Å². The molecule has 4 heteroatoms. The van der Waals surface area contributed by atoms with Crippen LogP contribution in [0.3, 0.4) is 0 Å². The Bertz CT molecular complexity index is 1600. The van der Waals surface area contributed by atoms with Gasteiger partial charge in [-0.25, -0.2) is 23.3 Å². The maximum absolute atomic E-state index is 3.11. The van der Waals surface area contributed by atoms with Gasteiger partial charge in [-0.3, -0.25) is 12.2 Å². The summed E-state index contributed by atoms with van der Waals surface area (Å²) < 4.78 is 0. The van der Waals surface area contributed by atoms with Crippen molar-refractivity contribution in [1.82, 2.24) is 0 Å². The number of hydrogen-bond donors (Lipinski definition) is 0. The van der Waals surface area contributed by atoms with Crippen molar-refractivity contribution in [1.29, 1.82) is 0 Å². The molecule has 6 aromatic rings. The van der Waals surface area contributed by atoms with Crippen LogP contribution in [0, 0.1) is 12.2 Å². The largest absolute Gasteiger partial charge is 2.00 e. The average Bonchev–Trinajstić information content (AvgIpc) is 3.84. The minimum atomic E-state index is 0. The van der Waals surface area contributed by atoms with Gasteiger partial charge in [0, 0.05) is 0 Å². The number of fused-ring (bicyclic) bond motifs is 6. The van der Waals surface area contributed by atoms with E-state index < -0.39 is 0 Å². The summed E-state index contributed by atoms with van der Waals surface area (Å²) in [4.78, 5) is 0. The molecule has 0 atom stereocenters. The van der Waals surface area contributed by atoms with E-state index in [0.29, 0.717) is 0 Å². The molecule has 6 aromatic carbocycles. The fourth-order valence-corrected chi connectivity index (χ4v) is 5.18. The van der Waals surface area contributed by atoms with E-state index in [-0.39, 0.29) is 68.2 Å². The first kappa shape index (κ1) is 39.6. The van der Waals surface area contributed by atoms with Crippen molar-refractivity contribution in [3.8, 4) is 0 Å². The van der Waals surface area contributed by atoms with Crippen LogP contribution in [0.5, 0.6) is 0 Å².